The topological polar surface area (TPSA) is 86.7 Å². The highest BCUT2D eigenvalue weighted by molar-refractivity contribution is 7.10. The lowest BCUT2D eigenvalue weighted by molar-refractivity contribution is -0.138. The van der Waals surface area contributed by atoms with E-state index in [0.717, 1.165) is 34.4 Å². The third-order valence-corrected chi connectivity index (χ3v) is 8.45. The van der Waals surface area contributed by atoms with Crippen molar-refractivity contribution in [3.63, 3.8) is 0 Å². The molecule has 0 fully saturated rings. The molecule has 1 atom stereocenters. The van der Waals surface area contributed by atoms with Crippen molar-refractivity contribution >= 4 is 34.7 Å². The third-order valence-electron chi connectivity index (χ3n) is 7.53. The molecule has 1 amide bonds. The van der Waals surface area contributed by atoms with E-state index < -0.39 is 12.0 Å². The predicted molar refractivity (Wildman–Crippen MR) is 175 cm³/mol. The number of carbonyl (C=O) groups excluding carboxylic acids is 2. The average molecular weight is 597 g/mol. The highest BCUT2D eigenvalue weighted by Gasteiger charge is 2.21. The summed E-state index contributed by atoms with van der Waals surface area (Å²) in [5.41, 5.74) is 4.46. The van der Waals surface area contributed by atoms with Gasteiger partial charge in [0.2, 0.25) is 5.91 Å². The number of carboxylic acid groups (broad SMARTS) is 1. The summed E-state index contributed by atoms with van der Waals surface area (Å²) in [6.07, 6.45) is 6.53. The molecular formula is C36H40N2O4S. The Morgan fingerprint density at radius 1 is 0.860 bits per heavy atom. The molecule has 0 bridgehead atoms. The van der Waals surface area contributed by atoms with Gasteiger partial charge in [0.05, 0.1) is 6.54 Å². The average Bonchev–Trinajstić information content (AvgIpc) is 3.49. The number of rotatable bonds is 16. The number of anilines is 1. The van der Waals surface area contributed by atoms with Crippen LogP contribution in [-0.2, 0) is 22.6 Å². The minimum absolute atomic E-state index is 0.162. The van der Waals surface area contributed by atoms with Crippen LogP contribution in [0.3, 0.4) is 0 Å². The Kier molecular flexibility index (Phi) is 11.7. The fourth-order valence-electron chi connectivity index (χ4n) is 5.02. The van der Waals surface area contributed by atoms with Gasteiger partial charge in [-0.1, -0.05) is 99.3 Å². The summed E-state index contributed by atoms with van der Waals surface area (Å²) in [6, 6.07) is 25.1. The van der Waals surface area contributed by atoms with Gasteiger partial charge in [0.25, 0.3) is 0 Å². The number of carbonyl (C=O) groups is 3. The maximum Gasteiger partial charge on any atom is 0.326 e. The second-order valence-electron chi connectivity index (χ2n) is 10.9. The molecule has 4 aromatic rings. The summed E-state index contributed by atoms with van der Waals surface area (Å²) in [5.74, 6) is -0.970. The van der Waals surface area contributed by atoms with Gasteiger partial charge in [-0.05, 0) is 46.7 Å². The van der Waals surface area contributed by atoms with Crippen molar-refractivity contribution in [2.45, 2.75) is 64.5 Å². The Morgan fingerprint density at radius 3 is 2.28 bits per heavy atom. The number of ketones is 1. The van der Waals surface area contributed by atoms with E-state index in [1.54, 1.807) is 59.9 Å². The molecule has 0 aliphatic heterocycles. The first-order chi connectivity index (χ1) is 20.9. The summed E-state index contributed by atoms with van der Waals surface area (Å²) in [7, 11) is 1.87. The van der Waals surface area contributed by atoms with E-state index in [0.29, 0.717) is 29.8 Å². The summed E-state index contributed by atoms with van der Waals surface area (Å²) >= 11 is 1.64. The van der Waals surface area contributed by atoms with Crippen LogP contribution in [-0.4, -0.2) is 40.8 Å². The van der Waals surface area contributed by atoms with E-state index in [1.807, 2.05) is 42.3 Å². The Hall–Kier alpha value is -4.23. The van der Waals surface area contributed by atoms with Crippen molar-refractivity contribution in [2.24, 2.45) is 0 Å². The molecule has 0 saturated heterocycles. The molecule has 43 heavy (non-hydrogen) atoms. The van der Waals surface area contributed by atoms with Crippen LogP contribution < -0.4 is 5.32 Å². The summed E-state index contributed by atoms with van der Waals surface area (Å²) < 4.78 is 0. The van der Waals surface area contributed by atoms with Crippen molar-refractivity contribution in [1.29, 1.82) is 0 Å². The van der Waals surface area contributed by atoms with E-state index in [1.165, 1.54) is 19.3 Å². The number of carboxylic acids is 1. The van der Waals surface area contributed by atoms with E-state index in [4.69, 9.17) is 0 Å². The van der Waals surface area contributed by atoms with Gasteiger partial charge in [-0.25, -0.2) is 4.79 Å². The molecule has 2 N–H and O–H groups in total. The Bertz CT molecular complexity index is 1500. The molecule has 4 rings (SSSR count). The van der Waals surface area contributed by atoms with E-state index in [9.17, 15) is 19.5 Å². The second-order valence-corrected chi connectivity index (χ2v) is 11.9. The molecule has 0 aliphatic rings. The zero-order chi connectivity index (χ0) is 30.6. The fraction of sp³-hybridized carbons (Fsp3) is 0.306. The first-order valence-corrected chi connectivity index (χ1v) is 15.8. The number of unbranched alkanes of at least 4 members (excludes halogenated alkanes) is 4. The van der Waals surface area contributed by atoms with Crippen LogP contribution in [0.25, 0.3) is 11.1 Å². The zero-order valence-corrected chi connectivity index (χ0v) is 25.7. The standard InChI is InChI=1S/C36H40N2O4S/c1-3-4-5-6-10-17-34(39)38(2)24-30-23-29(25-43-30)27-20-18-26(19-21-27)22-33(36(41)42)37-32-16-12-11-15-31(32)35(40)28-13-8-7-9-14-28/h7-9,11-16,18-21,23,25,33,37H,3-6,10,17,22,24H2,1-2H3,(H,41,42)/t33-/m0/s1. The van der Waals surface area contributed by atoms with Crippen LogP contribution in [0.15, 0.2) is 90.3 Å². The van der Waals surface area contributed by atoms with Crippen LogP contribution in [0, 0.1) is 0 Å². The number of thiophene rings is 1. The van der Waals surface area contributed by atoms with Crippen LogP contribution in [0.5, 0.6) is 0 Å². The first kappa shape index (κ1) is 31.7. The summed E-state index contributed by atoms with van der Waals surface area (Å²) in [6.45, 7) is 2.78. The van der Waals surface area contributed by atoms with Crippen molar-refractivity contribution in [3.05, 3.63) is 112 Å². The van der Waals surface area contributed by atoms with Crippen LogP contribution in [0.2, 0.25) is 0 Å². The Morgan fingerprint density at radius 2 is 1.56 bits per heavy atom. The number of nitrogens with one attached hydrogen (secondary N) is 1. The van der Waals surface area contributed by atoms with Crippen LogP contribution >= 0.6 is 11.3 Å². The minimum Gasteiger partial charge on any atom is -0.480 e. The molecule has 1 heterocycles. The molecule has 0 saturated carbocycles. The molecule has 224 valence electrons. The number of hydrogen-bond acceptors (Lipinski definition) is 5. The fourth-order valence-corrected chi connectivity index (χ4v) is 5.96. The minimum atomic E-state index is -0.992. The molecular weight excluding hydrogens is 556 g/mol. The molecule has 3 aromatic carbocycles. The lowest BCUT2D eigenvalue weighted by Gasteiger charge is -2.18. The van der Waals surface area contributed by atoms with Gasteiger partial charge in [0.1, 0.15) is 6.04 Å². The van der Waals surface area contributed by atoms with Gasteiger partial charge in [-0.2, -0.15) is 0 Å². The number of benzene rings is 3. The molecule has 0 spiro atoms. The van der Waals surface area contributed by atoms with Gasteiger partial charge >= 0.3 is 5.97 Å². The van der Waals surface area contributed by atoms with Crippen molar-refractivity contribution in [2.75, 3.05) is 12.4 Å². The first-order valence-electron chi connectivity index (χ1n) is 14.9. The van der Waals surface area contributed by atoms with Crippen molar-refractivity contribution < 1.29 is 19.5 Å². The number of hydrogen-bond donors (Lipinski definition) is 2. The van der Waals surface area contributed by atoms with Crippen LogP contribution in [0.4, 0.5) is 5.69 Å². The molecule has 6 nitrogen and oxygen atoms in total. The molecule has 0 unspecified atom stereocenters. The maximum atomic E-state index is 13.1. The molecule has 1 aromatic heterocycles. The van der Waals surface area contributed by atoms with Gasteiger partial charge in [0.15, 0.2) is 5.78 Å². The normalized spacial score (nSPS) is 11.6. The molecule has 0 aliphatic carbocycles. The SMILES string of the molecule is CCCCCCCC(=O)N(C)Cc1cc(-c2ccc(C[C@H](Nc3ccccc3C(=O)c3ccccc3)C(=O)O)cc2)cs1. The van der Waals surface area contributed by atoms with Gasteiger partial charge in [-0.3, -0.25) is 9.59 Å². The number of amides is 1. The van der Waals surface area contributed by atoms with Gasteiger partial charge < -0.3 is 15.3 Å². The van der Waals surface area contributed by atoms with Gasteiger partial charge in [0, 0.05) is 41.6 Å². The van der Waals surface area contributed by atoms with E-state index in [-0.39, 0.29) is 18.1 Å². The Balaban J connectivity index is 1.36. The number of nitrogens with zero attached hydrogens (tertiary/aromatic N) is 1. The highest BCUT2D eigenvalue weighted by Crippen LogP contribution is 2.28. The monoisotopic (exact) mass is 596 g/mol. The smallest absolute Gasteiger partial charge is 0.326 e. The van der Waals surface area contributed by atoms with Crippen molar-refractivity contribution in [1.82, 2.24) is 4.90 Å². The summed E-state index contributed by atoms with van der Waals surface area (Å²) in [4.78, 5) is 40.8. The van der Waals surface area contributed by atoms with E-state index >= 15 is 0 Å². The van der Waals surface area contributed by atoms with Crippen LogP contribution in [0.1, 0.15) is 71.8 Å². The number of aliphatic carboxylic acids is 1. The number of para-hydroxylation sites is 1. The Labute approximate surface area is 258 Å². The molecule has 7 heteroatoms. The summed E-state index contributed by atoms with van der Waals surface area (Å²) in [5, 5.41) is 15.2. The zero-order valence-electron chi connectivity index (χ0n) is 24.9. The highest BCUT2D eigenvalue weighted by atomic mass is 32.1. The lowest BCUT2D eigenvalue weighted by atomic mass is 9.99. The third kappa shape index (κ3) is 9.13. The van der Waals surface area contributed by atoms with Crippen molar-refractivity contribution in [3.8, 4) is 11.1 Å². The molecule has 0 radical (unpaired) electrons. The second kappa shape index (κ2) is 15.8. The predicted octanol–water partition coefficient (Wildman–Crippen LogP) is 8.07. The van der Waals surface area contributed by atoms with Gasteiger partial charge in [-0.15, -0.1) is 11.3 Å². The lowest BCUT2D eigenvalue weighted by Crippen LogP contribution is -2.32. The maximum absolute atomic E-state index is 13.1. The largest absolute Gasteiger partial charge is 0.480 e. The van der Waals surface area contributed by atoms with E-state index in [2.05, 4.69) is 23.7 Å². The quantitative estimate of drug-likeness (QED) is 0.101.